The lowest BCUT2D eigenvalue weighted by molar-refractivity contribution is 0.188. The second-order valence-electron chi connectivity index (χ2n) is 8.58. The predicted molar refractivity (Wildman–Crippen MR) is 91.3 cm³/mol. The number of rotatable bonds is 2. The summed E-state index contributed by atoms with van der Waals surface area (Å²) in [6.07, 6.45) is 2.83. The molecule has 0 saturated heterocycles. The van der Waals surface area contributed by atoms with Crippen molar-refractivity contribution >= 4 is 18.5 Å². The molecule has 0 aromatic carbocycles. The van der Waals surface area contributed by atoms with Crippen LogP contribution >= 0.6 is 18.5 Å². The van der Waals surface area contributed by atoms with Crippen molar-refractivity contribution < 1.29 is 0 Å². The third kappa shape index (κ3) is 3.70. The van der Waals surface area contributed by atoms with Gasteiger partial charge in [0.2, 0.25) is 0 Å². The summed E-state index contributed by atoms with van der Waals surface area (Å²) in [4.78, 5) is 0. The van der Waals surface area contributed by atoms with Gasteiger partial charge in [-0.15, -0.1) is 18.5 Å². The first kappa shape index (κ1) is 16.9. The van der Waals surface area contributed by atoms with Crippen molar-refractivity contribution in [1.29, 1.82) is 0 Å². The molecule has 0 aromatic heterocycles. The zero-order chi connectivity index (χ0) is 14.3. The molecule has 18 heavy (non-hydrogen) atoms. The molecule has 7 atom stereocenters. The summed E-state index contributed by atoms with van der Waals surface area (Å²) in [5, 5.41) is 0. The van der Waals surface area contributed by atoms with Crippen LogP contribution in [0.3, 0.4) is 0 Å². The zero-order valence-electron chi connectivity index (χ0n) is 13.5. The summed E-state index contributed by atoms with van der Waals surface area (Å²) in [7, 11) is 6.34. The highest BCUT2D eigenvalue weighted by Gasteiger charge is 2.45. The van der Waals surface area contributed by atoms with Crippen LogP contribution in [0.1, 0.15) is 61.3 Å². The minimum atomic E-state index is 0.397. The van der Waals surface area contributed by atoms with Crippen molar-refractivity contribution in [3.8, 4) is 0 Å². The van der Waals surface area contributed by atoms with E-state index >= 15 is 0 Å². The summed E-state index contributed by atoms with van der Waals surface area (Å²) in [5.41, 5.74) is 2.26. The Kier molecular flexibility index (Phi) is 5.35. The lowest BCUT2D eigenvalue weighted by Gasteiger charge is -2.42. The zero-order valence-corrected chi connectivity index (χ0v) is 15.8. The molecule has 2 heteroatoms. The molecule has 108 valence electrons. The molecule has 0 aliphatic heterocycles. The van der Waals surface area contributed by atoms with Gasteiger partial charge in [-0.1, -0.05) is 54.9 Å². The summed E-state index contributed by atoms with van der Waals surface area (Å²) >= 11 is 0. The highest BCUT2D eigenvalue weighted by Crippen LogP contribution is 2.52. The first-order valence-electron chi connectivity index (χ1n) is 7.47. The number of hydrogen-bond acceptors (Lipinski definition) is 0. The molecule has 0 aromatic rings. The molecular weight excluding hydrogens is 254 g/mol. The van der Waals surface area contributed by atoms with Gasteiger partial charge in [-0.25, -0.2) is 0 Å². The van der Waals surface area contributed by atoms with Gasteiger partial charge in [0.05, 0.1) is 0 Å². The van der Waals surface area contributed by atoms with Gasteiger partial charge in [-0.3, -0.25) is 0 Å². The van der Waals surface area contributed by atoms with Crippen LogP contribution in [0.25, 0.3) is 0 Å². The van der Waals surface area contributed by atoms with Gasteiger partial charge in [-0.05, 0) is 46.3 Å². The van der Waals surface area contributed by atoms with E-state index in [2.05, 4.69) is 66.9 Å². The van der Waals surface area contributed by atoms with E-state index in [1.54, 1.807) is 0 Å². The van der Waals surface area contributed by atoms with Gasteiger partial charge in [0.15, 0.2) is 0 Å². The summed E-state index contributed by atoms with van der Waals surface area (Å²) < 4.78 is 0. The van der Waals surface area contributed by atoms with Crippen LogP contribution < -0.4 is 0 Å². The van der Waals surface area contributed by atoms with Gasteiger partial charge in [-0.2, -0.15) is 0 Å². The van der Waals surface area contributed by atoms with Crippen LogP contribution in [0.15, 0.2) is 0 Å². The average Bonchev–Trinajstić information content (AvgIpc) is 2.54. The SMILES string of the molecule is CC1CCC(C(P)C(C)(C)C)C1C(P)C(C)(C)C. The Morgan fingerprint density at radius 2 is 1.28 bits per heavy atom. The van der Waals surface area contributed by atoms with E-state index in [0.29, 0.717) is 10.8 Å². The molecule has 1 saturated carbocycles. The molecule has 0 spiro atoms. The summed E-state index contributed by atoms with van der Waals surface area (Å²) in [5.74, 6) is 2.60. The fourth-order valence-corrected chi connectivity index (χ4v) is 4.63. The molecule has 1 rings (SSSR count). The van der Waals surface area contributed by atoms with E-state index in [9.17, 15) is 0 Å². The van der Waals surface area contributed by atoms with E-state index < -0.39 is 0 Å². The summed E-state index contributed by atoms with van der Waals surface area (Å²) in [6.45, 7) is 16.8. The first-order valence-corrected chi connectivity index (χ1v) is 8.80. The average molecular weight is 288 g/mol. The molecular formula is C16H34P2. The fraction of sp³-hybridized carbons (Fsp3) is 1.00. The lowest BCUT2D eigenvalue weighted by atomic mass is 9.71. The molecule has 0 radical (unpaired) electrons. The monoisotopic (exact) mass is 288 g/mol. The minimum Gasteiger partial charge on any atom is -0.134 e. The second-order valence-corrected chi connectivity index (χ2v) is 10.0. The lowest BCUT2D eigenvalue weighted by Crippen LogP contribution is -2.39. The largest absolute Gasteiger partial charge is 0.134 e. The Hall–Kier alpha value is 0.860. The van der Waals surface area contributed by atoms with Crippen molar-refractivity contribution in [2.45, 2.75) is 72.6 Å². The van der Waals surface area contributed by atoms with Gasteiger partial charge >= 0.3 is 0 Å². The molecule has 0 nitrogen and oxygen atoms in total. The summed E-state index contributed by atoms with van der Waals surface area (Å²) in [6, 6.07) is 0. The van der Waals surface area contributed by atoms with Crippen LogP contribution in [0.5, 0.6) is 0 Å². The Morgan fingerprint density at radius 3 is 1.67 bits per heavy atom. The quantitative estimate of drug-likeness (QED) is 0.610. The maximum Gasteiger partial charge on any atom is -0.0182 e. The molecule has 0 N–H and O–H groups in total. The van der Waals surface area contributed by atoms with Crippen LogP contribution in [-0.4, -0.2) is 11.3 Å². The molecule has 1 aliphatic carbocycles. The first-order chi connectivity index (χ1) is 7.96. The van der Waals surface area contributed by atoms with Gasteiger partial charge in [0.1, 0.15) is 0 Å². The minimum absolute atomic E-state index is 0.397. The molecule has 1 fully saturated rings. The topological polar surface area (TPSA) is 0 Å². The van der Waals surface area contributed by atoms with E-state index in [1.165, 1.54) is 12.8 Å². The predicted octanol–water partition coefficient (Wildman–Crippen LogP) is 5.23. The van der Waals surface area contributed by atoms with Gasteiger partial charge in [0.25, 0.3) is 0 Å². The normalized spacial score (nSPS) is 33.5. The molecule has 1 aliphatic rings. The maximum atomic E-state index is 3.17. The molecule has 7 unspecified atom stereocenters. The van der Waals surface area contributed by atoms with Gasteiger partial charge < -0.3 is 0 Å². The smallest absolute Gasteiger partial charge is 0.0182 e. The highest BCUT2D eigenvalue weighted by atomic mass is 31.0. The standard InChI is InChI=1S/C16H34P2/c1-10-8-9-11(13(17)15(2,3)4)12(10)14(18)16(5,6)7/h10-14H,8-9,17-18H2,1-7H3. The van der Waals surface area contributed by atoms with Gasteiger partial charge in [0, 0.05) is 0 Å². The van der Waals surface area contributed by atoms with Crippen molar-refractivity contribution in [3.05, 3.63) is 0 Å². The van der Waals surface area contributed by atoms with Crippen LogP contribution in [-0.2, 0) is 0 Å². The molecule has 0 heterocycles. The van der Waals surface area contributed by atoms with Crippen molar-refractivity contribution in [3.63, 3.8) is 0 Å². The molecule has 0 amide bonds. The van der Waals surface area contributed by atoms with Crippen LogP contribution in [0.2, 0.25) is 0 Å². The Balaban J connectivity index is 2.93. The van der Waals surface area contributed by atoms with Crippen LogP contribution in [0, 0.1) is 28.6 Å². The highest BCUT2D eigenvalue weighted by molar-refractivity contribution is 7.18. The Bertz CT molecular complexity index is 272. The number of hydrogen-bond donors (Lipinski definition) is 0. The maximum absolute atomic E-state index is 3.17. The van der Waals surface area contributed by atoms with E-state index in [1.807, 2.05) is 0 Å². The van der Waals surface area contributed by atoms with Crippen LogP contribution in [0.4, 0.5) is 0 Å². The third-order valence-electron chi connectivity index (χ3n) is 4.98. The third-order valence-corrected chi connectivity index (χ3v) is 7.92. The van der Waals surface area contributed by atoms with E-state index in [0.717, 1.165) is 29.1 Å². The van der Waals surface area contributed by atoms with Crippen molar-refractivity contribution in [1.82, 2.24) is 0 Å². The fourth-order valence-electron chi connectivity index (χ4n) is 3.52. The van der Waals surface area contributed by atoms with E-state index in [4.69, 9.17) is 0 Å². The van der Waals surface area contributed by atoms with Crippen molar-refractivity contribution in [2.24, 2.45) is 28.6 Å². The second kappa shape index (κ2) is 5.69. The van der Waals surface area contributed by atoms with Crippen molar-refractivity contribution in [2.75, 3.05) is 0 Å². The Labute approximate surface area is 120 Å². The van der Waals surface area contributed by atoms with E-state index in [-0.39, 0.29) is 0 Å². The Morgan fingerprint density at radius 1 is 0.833 bits per heavy atom. The molecule has 0 bridgehead atoms.